The van der Waals surface area contributed by atoms with Crippen molar-refractivity contribution in [1.82, 2.24) is 14.1 Å². The average Bonchev–Trinajstić information content (AvgIpc) is 3.95. The van der Waals surface area contributed by atoms with Crippen LogP contribution >= 0.6 is 0 Å². The number of furan rings is 1. The first-order valence-corrected chi connectivity index (χ1v) is 19.4. The normalized spacial score (nSPS) is 11.9. The van der Waals surface area contributed by atoms with E-state index in [1.54, 1.807) is 0 Å². The first-order chi connectivity index (χ1) is 28.3. The number of para-hydroxylation sites is 4. The molecule has 4 heteroatoms. The fraction of sp³-hybridized carbons (Fsp3) is 0. The van der Waals surface area contributed by atoms with Gasteiger partial charge in [0.25, 0.3) is 0 Å². The number of benzene rings is 8. The maximum absolute atomic E-state index is 6.94. The van der Waals surface area contributed by atoms with Crippen LogP contribution in [0.4, 0.5) is 0 Å². The molecule has 57 heavy (non-hydrogen) atoms. The fourth-order valence-electron chi connectivity index (χ4n) is 9.01. The topological polar surface area (TPSA) is 35.9 Å². The fourth-order valence-corrected chi connectivity index (χ4v) is 9.01. The van der Waals surface area contributed by atoms with Crippen molar-refractivity contribution >= 4 is 65.6 Å². The van der Waals surface area contributed by atoms with E-state index in [2.05, 4.69) is 203 Å². The number of hydrogen-bond donors (Lipinski definition) is 0. The van der Waals surface area contributed by atoms with E-state index in [1.165, 1.54) is 10.8 Å². The standard InChI is InChI=1S/C53H33N3O/c1-4-16-34(17-5-1)37-32-43(35-18-6-2-7-19-35)54-44(33-37)36-28-30-39(31-29-36)56-46-26-14-11-23-41(46)50-52(56)51-48(49-42-24-12-15-27-47(42)57-53(49)50)40-22-10-13-25-45(40)55(51)38-20-8-3-9-21-38/h1-33H. The molecule has 0 amide bonds. The molecule has 8 aromatic carbocycles. The molecule has 0 unspecified atom stereocenters. The lowest BCUT2D eigenvalue weighted by Crippen LogP contribution is -1.99. The van der Waals surface area contributed by atoms with Gasteiger partial charge in [0.2, 0.25) is 0 Å². The van der Waals surface area contributed by atoms with Gasteiger partial charge in [-0.3, -0.25) is 0 Å². The number of pyridine rings is 1. The van der Waals surface area contributed by atoms with Crippen LogP contribution < -0.4 is 0 Å². The van der Waals surface area contributed by atoms with E-state index in [1.807, 2.05) is 6.07 Å². The molecule has 0 bridgehead atoms. The molecule has 0 atom stereocenters. The van der Waals surface area contributed by atoms with Crippen LogP contribution in [-0.4, -0.2) is 14.1 Å². The van der Waals surface area contributed by atoms with Crippen molar-refractivity contribution in [3.63, 3.8) is 0 Å². The Balaban J connectivity index is 1.17. The molecule has 0 radical (unpaired) electrons. The first kappa shape index (κ1) is 31.6. The molecule has 0 spiro atoms. The summed E-state index contributed by atoms with van der Waals surface area (Å²) in [5, 5.41) is 6.92. The Kier molecular flexibility index (Phi) is 6.89. The van der Waals surface area contributed by atoms with Crippen LogP contribution in [0.2, 0.25) is 0 Å². The van der Waals surface area contributed by atoms with Gasteiger partial charge in [-0.1, -0.05) is 146 Å². The monoisotopic (exact) mass is 727 g/mol. The van der Waals surface area contributed by atoms with E-state index in [4.69, 9.17) is 9.40 Å². The van der Waals surface area contributed by atoms with Gasteiger partial charge in [0.15, 0.2) is 0 Å². The van der Waals surface area contributed by atoms with E-state index < -0.39 is 0 Å². The highest BCUT2D eigenvalue weighted by atomic mass is 16.3. The molecule has 4 heterocycles. The second-order valence-electron chi connectivity index (χ2n) is 14.7. The predicted octanol–water partition coefficient (Wildman–Crippen LogP) is 14.2. The summed E-state index contributed by atoms with van der Waals surface area (Å²) in [6, 6.07) is 71.0. The van der Waals surface area contributed by atoms with E-state index in [0.717, 1.165) is 99.8 Å². The molecule has 0 N–H and O–H groups in total. The molecule has 12 aromatic rings. The zero-order valence-electron chi connectivity index (χ0n) is 30.8. The van der Waals surface area contributed by atoms with E-state index in [-0.39, 0.29) is 0 Å². The van der Waals surface area contributed by atoms with Crippen LogP contribution in [0.3, 0.4) is 0 Å². The van der Waals surface area contributed by atoms with E-state index in [0.29, 0.717) is 0 Å². The lowest BCUT2D eigenvalue weighted by Gasteiger charge is -2.14. The van der Waals surface area contributed by atoms with Crippen LogP contribution in [0.25, 0.3) is 111 Å². The summed E-state index contributed by atoms with van der Waals surface area (Å²) in [6.07, 6.45) is 0. The van der Waals surface area contributed by atoms with Gasteiger partial charge in [0.1, 0.15) is 11.2 Å². The SMILES string of the molecule is c1ccc(-c2cc(-c3ccccc3)nc(-c3ccc(-n4c5ccccc5c5c6oc7ccccc7c6c6c7ccccc7n(-c7ccccc7)c6c54)cc3)c2)cc1. The van der Waals surface area contributed by atoms with Gasteiger partial charge in [-0.25, -0.2) is 4.98 Å². The van der Waals surface area contributed by atoms with Crippen LogP contribution in [0.5, 0.6) is 0 Å². The van der Waals surface area contributed by atoms with Crippen LogP contribution in [0.15, 0.2) is 205 Å². The molecule has 4 nitrogen and oxygen atoms in total. The molecule has 0 fully saturated rings. The number of aromatic nitrogens is 3. The molecule has 0 saturated heterocycles. The zero-order chi connectivity index (χ0) is 37.5. The molecule has 266 valence electrons. The third kappa shape index (κ3) is 4.77. The van der Waals surface area contributed by atoms with Crippen LogP contribution in [0.1, 0.15) is 0 Å². The van der Waals surface area contributed by atoms with Crippen LogP contribution in [-0.2, 0) is 0 Å². The third-order valence-corrected chi connectivity index (χ3v) is 11.5. The Morgan fingerprint density at radius 3 is 1.47 bits per heavy atom. The summed E-state index contributed by atoms with van der Waals surface area (Å²) in [6.45, 7) is 0. The van der Waals surface area contributed by atoms with Crippen molar-refractivity contribution in [1.29, 1.82) is 0 Å². The first-order valence-electron chi connectivity index (χ1n) is 19.4. The molecular weight excluding hydrogens is 695 g/mol. The largest absolute Gasteiger partial charge is 0.455 e. The van der Waals surface area contributed by atoms with Gasteiger partial charge in [0, 0.05) is 49.4 Å². The molecule has 0 saturated carbocycles. The number of rotatable bonds is 5. The van der Waals surface area contributed by atoms with Crippen molar-refractivity contribution < 1.29 is 4.42 Å². The highest BCUT2D eigenvalue weighted by molar-refractivity contribution is 6.39. The van der Waals surface area contributed by atoms with E-state index >= 15 is 0 Å². The lowest BCUT2D eigenvalue weighted by molar-refractivity contribution is 0.673. The zero-order valence-corrected chi connectivity index (χ0v) is 30.8. The Morgan fingerprint density at radius 1 is 0.351 bits per heavy atom. The van der Waals surface area contributed by atoms with Crippen molar-refractivity contribution in [3.8, 4) is 45.0 Å². The van der Waals surface area contributed by atoms with Gasteiger partial charge in [-0.15, -0.1) is 0 Å². The van der Waals surface area contributed by atoms with Gasteiger partial charge in [0.05, 0.1) is 38.8 Å². The summed E-state index contributed by atoms with van der Waals surface area (Å²) >= 11 is 0. The second-order valence-corrected chi connectivity index (χ2v) is 14.7. The van der Waals surface area contributed by atoms with E-state index in [9.17, 15) is 0 Å². The van der Waals surface area contributed by atoms with Gasteiger partial charge < -0.3 is 13.6 Å². The maximum atomic E-state index is 6.94. The average molecular weight is 728 g/mol. The summed E-state index contributed by atoms with van der Waals surface area (Å²) in [5.41, 5.74) is 14.8. The highest BCUT2D eigenvalue weighted by Gasteiger charge is 2.27. The summed E-state index contributed by atoms with van der Waals surface area (Å²) in [7, 11) is 0. The molecule has 0 aliphatic rings. The number of fused-ring (bicyclic) bond motifs is 12. The van der Waals surface area contributed by atoms with Crippen molar-refractivity contribution in [3.05, 3.63) is 200 Å². The van der Waals surface area contributed by atoms with Gasteiger partial charge >= 0.3 is 0 Å². The minimum Gasteiger partial charge on any atom is -0.455 e. The molecule has 0 aliphatic heterocycles. The Labute approximate surface area is 328 Å². The summed E-state index contributed by atoms with van der Waals surface area (Å²) in [4.78, 5) is 5.23. The summed E-state index contributed by atoms with van der Waals surface area (Å²) < 4.78 is 11.8. The molecule has 4 aromatic heterocycles. The van der Waals surface area contributed by atoms with Gasteiger partial charge in [-0.05, 0) is 65.7 Å². The Morgan fingerprint density at radius 2 is 0.825 bits per heavy atom. The molecule has 0 aliphatic carbocycles. The smallest absolute Gasteiger partial charge is 0.146 e. The quantitative estimate of drug-likeness (QED) is 0.177. The number of nitrogens with zero attached hydrogens (tertiary/aromatic N) is 3. The highest BCUT2D eigenvalue weighted by Crippen LogP contribution is 2.49. The summed E-state index contributed by atoms with van der Waals surface area (Å²) in [5.74, 6) is 0. The Bertz CT molecular complexity index is 3430. The third-order valence-electron chi connectivity index (χ3n) is 11.5. The predicted molar refractivity (Wildman–Crippen MR) is 237 cm³/mol. The lowest BCUT2D eigenvalue weighted by atomic mass is 10.00. The van der Waals surface area contributed by atoms with Gasteiger partial charge in [-0.2, -0.15) is 0 Å². The maximum Gasteiger partial charge on any atom is 0.146 e. The van der Waals surface area contributed by atoms with Crippen molar-refractivity contribution in [2.24, 2.45) is 0 Å². The van der Waals surface area contributed by atoms with Crippen molar-refractivity contribution in [2.75, 3.05) is 0 Å². The second kappa shape index (κ2) is 12.4. The Hall–Kier alpha value is -7.69. The van der Waals surface area contributed by atoms with Crippen LogP contribution in [0, 0.1) is 0 Å². The number of hydrogen-bond acceptors (Lipinski definition) is 2. The molecular formula is C53H33N3O. The van der Waals surface area contributed by atoms with Crippen molar-refractivity contribution in [2.45, 2.75) is 0 Å². The minimum atomic E-state index is 0.888. The minimum absolute atomic E-state index is 0.888. The molecule has 12 rings (SSSR count).